The van der Waals surface area contributed by atoms with Crippen molar-refractivity contribution >= 4 is 10.1 Å². The van der Waals surface area contributed by atoms with E-state index in [0.717, 1.165) is 77.0 Å². The molecule has 6 heteroatoms. The minimum atomic E-state index is -4.16. The van der Waals surface area contributed by atoms with Gasteiger partial charge in [0.2, 0.25) is 0 Å². The van der Waals surface area contributed by atoms with Crippen LogP contribution in [0, 0.1) is 0 Å². The normalized spacial score (nSPS) is 13.8. The first kappa shape index (κ1) is 32.7. The zero-order valence-electron chi connectivity index (χ0n) is 19.7. The number of unbranched alkanes of at least 4 members (excludes halogenated alkanes) is 12. The predicted molar refractivity (Wildman–Crippen MR) is 119 cm³/mol. The van der Waals surface area contributed by atoms with E-state index in [0.29, 0.717) is 12.8 Å². The van der Waals surface area contributed by atoms with Gasteiger partial charge in [0.15, 0.2) is 0 Å². The van der Waals surface area contributed by atoms with Gasteiger partial charge in [-0.2, -0.15) is 0 Å². The van der Waals surface area contributed by atoms with Gasteiger partial charge < -0.3 is 9.66 Å². The van der Waals surface area contributed by atoms with E-state index in [1.54, 1.807) is 0 Å². The molecule has 1 N–H and O–H groups in total. The third-order valence-corrected chi connectivity index (χ3v) is 7.03. The molecule has 0 saturated carbocycles. The van der Waals surface area contributed by atoms with E-state index in [-0.39, 0.29) is 57.5 Å². The molecule has 0 heterocycles. The van der Waals surface area contributed by atoms with Gasteiger partial charge in [0.05, 0.1) is 16.2 Å². The fourth-order valence-corrected chi connectivity index (χ4v) is 4.73. The Morgan fingerprint density at radius 3 is 1.31 bits per heavy atom. The summed E-state index contributed by atoms with van der Waals surface area (Å²) in [5, 5.41) is 9.28. The van der Waals surface area contributed by atoms with Gasteiger partial charge >= 0.3 is 51.4 Å². The van der Waals surface area contributed by atoms with Crippen molar-refractivity contribution in [3.8, 4) is 0 Å². The molecule has 29 heavy (non-hydrogen) atoms. The Morgan fingerprint density at radius 1 is 0.621 bits per heavy atom. The average molecular weight is 459 g/mol. The van der Waals surface area contributed by atoms with Gasteiger partial charge in [0.25, 0.3) is 0 Å². The number of hydrogen-bond acceptors (Lipinski definition) is 4. The molecule has 0 aromatic heterocycles. The Bertz CT molecular complexity index is 429. The van der Waals surface area contributed by atoms with Crippen LogP contribution in [0.25, 0.3) is 0 Å². The summed E-state index contributed by atoms with van der Waals surface area (Å²) in [5.41, 5.74) is 0. The maximum atomic E-state index is 11.5. The molecule has 0 aliphatic carbocycles. The summed E-state index contributed by atoms with van der Waals surface area (Å²) in [4.78, 5) is 0. The minimum Gasteiger partial charge on any atom is -0.748 e. The largest absolute Gasteiger partial charge is 1.00 e. The van der Waals surface area contributed by atoms with Crippen molar-refractivity contribution in [2.24, 2.45) is 0 Å². The van der Waals surface area contributed by atoms with Crippen LogP contribution >= 0.6 is 0 Å². The van der Waals surface area contributed by atoms with Gasteiger partial charge in [-0.3, -0.25) is 0 Å². The molecular weight excluding hydrogens is 411 g/mol. The van der Waals surface area contributed by atoms with Crippen molar-refractivity contribution in [1.29, 1.82) is 0 Å². The van der Waals surface area contributed by atoms with Gasteiger partial charge in [0.1, 0.15) is 0 Å². The van der Waals surface area contributed by atoms with Gasteiger partial charge in [-0.25, -0.2) is 8.42 Å². The topological polar surface area (TPSA) is 77.4 Å². The molecular formula is C23H47KO4S. The Labute approximate surface area is 224 Å². The van der Waals surface area contributed by atoms with E-state index >= 15 is 0 Å². The predicted octanol–water partition coefficient (Wildman–Crippen LogP) is 3.72. The first-order valence-electron chi connectivity index (χ1n) is 12.0. The molecule has 0 bridgehead atoms. The van der Waals surface area contributed by atoms with Crippen LogP contribution in [0.5, 0.6) is 0 Å². The molecule has 0 aromatic carbocycles. The molecule has 0 aliphatic heterocycles. The molecule has 170 valence electrons. The van der Waals surface area contributed by atoms with E-state index in [9.17, 15) is 18.1 Å². The average Bonchev–Trinajstić information content (AvgIpc) is 2.64. The van der Waals surface area contributed by atoms with Gasteiger partial charge in [-0.05, 0) is 25.7 Å². The summed E-state index contributed by atoms with van der Waals surface area (Å²) in [5.74, 6) is 0. The second kappa shape index (κ2) is 22.7. The summed E-state index contributed by atoms with van der Waals surface area (Å²) >= 11 is 0. The van der Waals surface area contributed by atoms with Gasteiger partial charge in [0, 0.05) is 5.25 Å². The van der Waals surface area contributed by atoms with Crippen molar-refractivity contribution in [3.05, 3.63) is 0 Å². The van der Waals surface area contributed by atoms with Crippen LogP contribution in [0.1, 0.15) is 136 Å². The Morgan fingerprint density at radius 2 is 0.931 bits per heavy atom. The maximum absolute atomic E-state index is 11.5. The fourth-order valence-electron chi connectivity index (χ4n) is 3.82. The number of rotatable bonds is 21. The summed E-state index contributed by atoms with van der Waals surface area (Å²) in [6.07, 6.45) is 19.3. The Hall–Kier alpha value is 1.51. The van der Waals surface area contributed by atoms with Gasteiger partial charge in [-0.1, -0.05) is 110 Å². The molecule has 0 fully saturated rings. The summed E-state index contributed by atoms with van der Waals surface area (Å²) in [6.45, 7) is 4.35. The third kappa shape index (κ3) is 22.5. The van der Waals surface area contributed by atoms with E-state index in [2.05, 4.69) is 13.8 Å². The van der Waals surface area contributed by atoms with E-state index in [1.807, 2.05) is 0 Å². The smallest absolute Gasteiger partial charge is 0.748 e. The maximum Gasteiger partial charge on any atom is 1.00 e. The number of hydrogen-bond donors (Lipinski definition) is 1. The molecule has 0 amide bonds. The summed E-state index contributed by atoms with van der Waals surface area (Å²) in [7, 11) is -4.16. The minimum absolute atomic E-state index is 0. The summed E-state index contributed by atoms with van der Waals surface area (Å²) in [6, 6.07) is 0. The van der Waals surface area contributed by atoms with Crippen molar-refractivity contribution in [1.82, 2.24) is 0 Å². The second-order valence-electron chi connectivity index (χ2n) is 8.52. The molecule has 2 unspecified atom stereocenters. The van der Waals surface area contributed by atoms with E-state index in [4.69, 9.17) is 0 Å². The van der Waals surface area contributed by atoms with E-state index < -0.39 is 15.4 Å². The van der Waals surface area contributed by atoms with Crippen LogP contribution in [0.3, 0.4) is 0 Å². The quantitative estimate of drug-likeness (QED) is 0.162. The monoisotopic (exact) mass is 458 g/mol. The zero-order chi connectivity index (χ0) is 21.1. The van der Waals surface area contributed by atoms with Crippen molar-refractivity contribution in [3.63, 3.8) is 0 Å². The van der Waals surface area contributed by atoms with Crippen molar-refractivity contribution < 1.29 is 69.5 Å². The zero-order valence-corrected chi connectivity index (χ0v) is 23.6. The van der Waals surface area contributed by atoms with Crippen LogP contribution in [-0.4, -0.2) is 29.4 Å². The second-order valence-corrected chi connectivity index (χ2v) is 10.2. The van der Waals surface area contributed by atoms with Crippen molar-refractivity contribution in [2.45, 2.75) is 147 Å². The van der Waals surface area contributed by atoms with Crippen LogP contribution in [0.2, 0.25) is 0 Å². The molecule has 2 atom stereocenters. The standard InChI is InChI=1S/C23H48O4S.K/c1-3-5-7-11-16-20-23(28(25,26)27)21-17-13-10-9-12-15-19-22(24)18-14-8-6-4-2;/h22-24H,3-21H2,1-2H3,(H,25,26,27);/q;+1/p-1. The third-order valence-electron chi connectivity index (χ3n) is 5.74. The Kier molecular flexibility index (Phi) is 25.6. The molecule has 0 radical (unpaired) electrons. The first-order valence-corrected chi connectivity index (χ1v) is 13.5. The fraction of sp³-hybridized carbons (Fsp3) is 1.00. The van der Waals surface area contributed by atoms with Crippen LogP contribution in [0.15, 0.2) is 0 Å². The van der Waals surface area contributed by atoms with Crippen LogP contribution in [0.4, 0.5) is 0 Å². The van der Waals surface area contributed by atoms with Crippen LogP contribution < -0.4 is 51.4 Å². The first-order chi connectivity index (χ1) is 13.4. The molecule has 4 nitrogen and oxygen atoms in total. The molecule has 0 aromatic rings. The SMILES string of the molecule is CCCCCCCC(CCCCCCCCC(O)CCCCCC)S(=O)(=O)[O-].[K+]. The summed E-state index contributed by atoms with van der Waals surface area (Å²) < 4.78 is 34.4. The van der Waals surface area contributed by atoms with Crippen LogP contribution in [-0.2, 0) is 10.1 Å². The van der Waals surface area contributed by atoms with E-state index in [1.165, 1.54) is 32.1 Å². The molecule has 0 spiro atoms. The number of aliphatic hydroxyl groups excluding tert-OH is 1. The number of aliphatic hydroxyl groups is 1. The molecule has 0 saturated heterocycles. The Balaban J connectivity index is 0. The van der Waals surface area contributed by atoms with Gasteiger partial charge in [-0.15, -0.1) is 0 Å². The van der Waals surface area contributed by atoms with Crippen molar-refractivity contribution in [2.75, 3.05) is 0 Å². The molecule has 0 rings (SSSR count). The molecule has 0 aliphatic rings.